The third kappa shape index (κ3) is 5.35. The maximum atomic E-state index is 13.0. The van der Waals surface area contributed by atoms with Crippen molar-refractivity contribution >= 4 is 27.3 Å². The molecule has 168 valence electrons. The van der Waals surface area contributed by atoms with Crippen LogP contribution in [0.15, 0.2) is 65.0 Å². The Bertz CT molecular complexity index is 1140. The second-order valence-electron chi connectivity index (χ2n) is 7.52. The van der Waals surface area contributed by atoms with Gasteiger partial charge >= 0.3 is 0 Å². The molecule has 1 aliphatic heterocycles. The number of benzene rings is 1. The van der Waals surface area contributed by atoms with E-state index >= 15 is 0 Å². The van der Waals surface area contributed by atoms with E-state index in [1.54, 1.807) is 11.6 Å². The van der Waals surface area contributed by atoms with Crippen LogP contribution in [-0.4, -0.2) is 36.7 Å². The van der Waals surface area contributed by atoms with Crippen LogP contribution in [0.5, 0.6) is 5.75 Å². The molecular weight excluding hydrogens is 446 g/mol. The number of amides is 1. The standard InChI is InChI=1S/C23H25N3O4S2/c27-23(22-21(11-15-31-22)32(28,29)26-13-4-1-5-14-26)25-16-18-7-9-20(10-8-18)30-17-19-6-2-3-12-24-19/h2-3,6-12,15H,1,4-5,13-14,16-17H2,(H,25,27). The van der Waals surface area contributed by atoms with Crippen LogP contribution >= 0.6 is 11.3 Å². The molecule has 3 aromatic rings. The number of hydrogen-bond donors (Lipinski definition) is 1. The Morgan fingerprint density at radius 1 is 1.06 bits per heavy atom. The lowest BCUT2D eigenvalue weighted by atomic mass is 10.2. The highest BCUT2D eigenvalue weighted by atomic mass is 32.2. The quantitative estimate of drug-likeness (QED) is 0.539. The highest BCUT2D eigenvalue weighted by molar-refractivity contribution is 7.89. The van der Waals surface area contributed by atoms with E-state index < -0.39 is 10.0 Å². The maximum absolute atomic E-state index is 13.0. The molecule has 2 aromatic heterocycles. The number of rotatable bonds is 8. The van der Waals surface area contributed by atoms with Crippen LogP contribution in [0, 0.1) is 0 Å². The summed E-state index contributed by atoms with van der Waals surface area (Å²) in [6, 6.07) is 14.6. The van der Waals surface area contributed by atoms with Crippen LogP contribution in [0.4, 0.5) is 0 Å². The zero-order valence-corrected chi connectivity index (χ0v) is 19.2. The Morgan fingerprint density at radius 3 is 2.56 bits per heavy atom. The van der Waals surface area contributed by atoms with Gasteiger partial charge in [-0.25, -0.2) is 8.42 Å². The van der Waals surface area contributed by atoms with Crippen molar-refractivity contribution in [2.75, 3.05) is 13.1 Å². The van der Waals surface area contributed by atoms with Crippen molar-refractivity contribution in [3.8, 4) is 5.75 Å². The van der Waals surface area contributed by atoms with E-state index in [9.17, 15) is 13.2 Å². The number of thiophene rings is 1. The van der Waals surface area contributed by atoms with E-state index in [-0.39, 0.29) is 15.7 Å². The minimum atomic E-state index is -3.65. The lowest BCUT2D eigenvalue weighted by Crippen LogP contribution is -2.36. The molecule has 0 bridgehead atoms. The molecule has 0 atom stereocenters. The van der Waals surface area contributed by atoms with Crippen molar-refractivity contribution < 1.29 is 17.9 Å². The molecule has 0 unspecified atom stereocenters. The fourth-order valence-corrected chi connectivity index (χ4v) is 6.35. The maximum Gasteiger partial charge on any atom is 0.263 e. The molecule has 1 amide bonds. The van der Waals surface area contributed by atoms with Gasteiger partial charge in [-0.05, 0) is 54.1 Å². The molecule has 3 heterocycles. The zero-order chi connectivity index (χ0) is 22.4. The molecule has 1 saturated heterocycles. The van der Waals surface area contributed by atoms with E-state index in [0.29, 0.717) is 32.0 Å². The lowest BCUT2D eigenvalue weighted by molar-refractivity contribution is 0.0952. The van der Waals surface area contributed by atoms with Gasteiger partial charge in [-0.1, -0.05) is 24.6 Å². The minimum Gasteiger partial charge on any atom is -0.487 e. The molecule has 1 aromatic carbocycles. The minimum absolute atomic E-state index is 0.0974. The summed E-state index contributed by atoms with van der Waals surface area (Å²) < 4.78 is 33.2. The average molecular weight is 472 g/mol. The molecule has 1 fully saturated rings. The molecule has 7 nitrogen and oxygen atoms in total. The van der Waals surface area contributed by atoms with Gasteiger partial charge in [-0.3, -0.25) is 9.78 Å². The van der Waals surface area contributed by atoms with Crippen molar-refractivity contribution in [1.82, 2.24) is 14.6 Å². The van der Waals surface area contributed by atoms with Gasteiger partial charge in [0.25, 0.3) is 5.91 Å². The fourth-order valence-electron chi connectivity index (χ4n) is 3.52. The van der Waals surface area contributed by atoms with Gasteiger partial charge in [0.2, 0.25) is 10.0 Å². The van der Waals surface area contributed by atoms with Crippen molar-refractivity contribution in [2.45, 2.75) is 37.3 Å². The van der Waals surface area contributed by atoms with Crippen LogP contribution in [0.25, 0.3) is 0 Å². The first kappa shape index (κ1) is 22.4. The second kappa shape index (κ2) is 10.2. The van der Waals surface area contributed by atoms with Crippen LogP contribution in [0.3, 0.4) is 0 Å². The van der Waals surface area contributed by atoms with Crippen molar-refractivity contribution in [3.05, 3.63) is 76.2 Å². The molecule has 0 saturated carbocycles. The predicted molar refractivity (Wildman–Crippen MR) is 123 cm³/mol. The predicted octanol–water partition coefficient (Wildman–Crippen LogP) is 3.83. The molecule has 4 rings (SSSR count). The molecule has 9 heteroatoms. The molecule has 1 N–H and O–H groups in total. The number of piperidine rings is 1. The number of carbonyl (C=O) groups excluding carboxylic acids is 1. The molecule has 1 aliphatic rings. The van der Waals surface area contributed by atoms with E-state index in [1.165, 1.54) is 10.4 Å². The average Bonchev–Trinajstić information content (AvgIpc) is 3.34. The summed E-state index contributed by atoms with van der Waals surface area (Å²) in [7, 11) is -3.65. The number of nitrogens with zero attached hydrogens (tertiary/aromatic N) is 2. The second-order valence-corrected chi connectivity index (χ2v) is 10.3. The van der Waals surface area contributed by atoms with E-state index in [4.69, 9.17) is 4.74 Å². The topological polar surface area (TPSA) is 88.6 Å². The number of nitrogens with one attached hydrogen (secondary N) is 1. The first-order chi connectivity index (χ1) is 15.5. The van der Waals surface area contributed by atoms with Gasteiger partial charge < -0.3 is 10.1 Å². The molecular formula is C23H25N3O4S2. The number of carbonyl (C=O) groups is 1. The lowest BCUT2D eigenvalue weighted by Gasteiger charge is -2.25. The third-order valence-corrected chi connectivity index (χ3v) is 8.24. The van der Waals surface area contributed by atoms with E-state index in [0.717, 1.165) is 41.9 Å². The van der Waals surface area contributed by atoms with Crippen LogP contribution in [0.1, 0.15) is 40.2 Å². The van der Waals surface area contributed by atoms with Crippen LogP contribution < -0.4 is 10.1 Å². The van der Waals surface area contributed by atoms with Gasteiger partial charge in [-0.2, -0.15) is 4.31 Å². The van der Waals surface area contributed by atoms with E-state index in [1.807, 2.05) is 42.5 Å². The number of ether oxygens (including phenoxy) is 1. The Labute approximate surface area is 192 Å². The zero-order valence-electron chi connectivity index (χ0n) is 17.6. The van der Waals surface area contributed by atoms with Crippen molar-refractivity contribution in [3.63, 3.8) is 0 Å². The first-order valence-corrected chi connectivity index (χ1v) is 12.8. The largest absolute Gasteiger partial charge is 0.487 e. The summed E-state index contributed by atoms with van der Waals surface area (Å²) >= 11 is 1.15. The van der Waals surface area contributed by atoms with Gasteiger partial charge in [0.1, 0.15) is 22.1 Å². The molecule has 0 spiro atoms. The normalized spacial score (nSPS) is 14.8. The number of pyridine rings is 1. The Morgan fingerprint density at radius 2 is 1.84 bits per heavy atom. The molecule has 0 radical (unpaired) electrons. The Hall–Kier alpha value is -2.75. The summed E-state index contributed by atoms with van der Waals surface area (Å²) in [6.07, 6.45) is 4.47. The number of aromatic nitrogens is 1. The highest BCUT2D eigenvalue weighted by Gasteiger charge is 2.30. The first-order valence-electron chi connectivity index (χ1n) is 10.5. The van der Waals surface area contributed by atoms with Gasteiger partial charge in [0, 0.05) is 25.8 Å². The summed E-state index contributed by atoms with van der Waals surface area (Å²) in [5, 5.41) is 4.48. The summed E-state index contributed by atoms with van der Waals surface area (Å²) in [5.74, 6) is 0.324. The van der Waals surface area contributed by atoms with Gasteiger partial charge in [0.15, 0.2) is 0 Å². The molecule has 0 aliphatic carbocycles. The smallest absolute Gasteiger partial charge is 0.263 e. The summed E-state index contributed by atoms with van der Waals surface area (Å²) in [5.41, 5.74) is 1.73. The van der Waals surface area contributed by atoms with Crippen molar-refractivity contribution in [2.24, 2.45) is 0 Å². The number of hydrogen-bond acceptors (Lipinski definition) is 6. The molecule has 32 heavy (non-hydrogen) atoms. The Kier molecular flexibility index (Phi) is 7.19. The van der Waals surface area contributed by atoms with Crippen LogP contribution in [0.2, 0.25) is 0 Å². The third-order valence-electron chi connectivity index (χ3n) is 5.26. The van der Waals surface area contributed by atoms with Crippen LogP contribution in [-0.2, 0) is 23.2 Å². The number of sulfonamides is 1. The van der Waals surface area contributed by atoms with Gasteiger partial charge in [0.05, 0.1) is 5.69 Å². The SMILES string of the molecule is O=C(NCc1ccc(OCc2ccccn2)cc1)c1sccc1S(=O)(=O)N1CCCCC1. The monoisotopic (exact) mass is 471 g/mol. The van der Waals surface area contributed by atoms with Crippen molar-refractivity contribution in [1.29, 1.82) is 0 Å². The van der Waals surface area contributed by atoms with Gasteiger partial charge in [-0.15, -0.1) is 11.3 Å². The Balaban J connectivity index is 1.35. The fraction of sp³-hybridized carbons (Fsp3) is 0.304. The summed E-state index contributed by atoms with van der Waals surface area (Å²) in [4.78, 5) is 17.3. The highest BCUT2D eigenvalue weighted by Crippen LogP contribution is 2.27. The van der Waals surface area contributed by atoms with E-state index in [2.05, 4.69) is 10.3 Å². The summed E-state index contributed by atoms with van der Waals surface area (Å²) in [6.45, 7) is 1.69.